The van der Waals surface area contributed by atoms with Gasteiger partial charge in [-0.25, -0.2) is 0 Å². The summed E-state index contributed by atoms with van der Waals surface area (Å²) in [6, 6.07) is 8.90. The van der Waals surface area contributed by atoms with E-state index in [4.69, 9.17) is 0 Å². The summed E-state index contributed by atoms with van der Waals surface area (Å²) in [5.41, 5.74) is 0.808. The first-order valence-corrected chi connectivity index (χ1v) is 13.7. The predicted octanol–water partition coefficient (Wildman–Crippen LogP) is 2.86. The summed E-state index contributed by atoms with van der Waals surface area (Å²) >= 11 is 1.61. The third-order valence-corrected chi connectivity index (χ3v) is 9.88. The molecule has 0 radical (unpaired) electrons. The lowest BCUT2D eigenvalue weighted by molar-refractivity contribution is -0.143. The standard InChI is InChI=1S/C28H35N3O4S/c1-19(2)29-16-10-14-28-22(25(34)31(15-7-8-18-32)23(28)26(29)35)21-24(33)30(20-11-5-4-6-12-20)17-9-13-27(21,3)36-28/h4-6,9-14,19,21-23,32H,7-8,15-18H2,1-3H3/t21-,22+,23?,27+,28+/m1/s1. The zero-order chi connectivity index (χ0) is 25.7. The summed E-state index contributed by atoms with van der Waals surface area (Å²) in [6.45, 7) is 7.39. The minimum absolute atomic E-state index is 0.00619. The lowest BCUT2D eigenvalue weighted by Crippen LogP contribution is -2.54. The summed E-state index contributed by atoms with van der Waals surface area (Å²) in [7, 11) is 0. The minimum atomic E-state index is -0.823. The topological polar surface area (TPSA) is 81.2 Å². The Bertz CT molecular complexity index is 1110. The summed E-state index contributed by atoms with van der Waals surface area (Å²) in [5, 5.41) is 9.35. The number of amides is 3. The molecule has 5 rings (SSSR count). The van der Waals surface area contributed by atoms with E-state index in [1.54, 1.807) is 21.6 Å². The number of rotatable bonds is 6. The maximum absolute atomic E-state index is 14.2. The molecule has 8 heteroatoms. The molecule has 4 heterocycles. The van der Waals surface area contributed by atoms with Crippen LogP contribution < -0.4 is 4.90 Å². The zero-order valence-electron chi connectivity index (χ0n) is 21.2. The number of carbonyl (C=O) groups is 3. The molecule has 192 valence electrons. The lowest BCUT2D eigenvalue weighted by atomic mass is 9.74. The molecule has 36 heavy (non-hydrogen) atoms. The molecule has 4 aliphatic heterocycles. The number of likely N-dealkylation sites (tertiary alicyclic amines) is 1. The van der Waals surface area contributed by atoms with Crippen molar-refractivity contribution in [2.24, 2.45) is 11.8 Å². The molecule has 7 nitrogen and oxygen atoms in total. The first kappa shape index (κ1) is 25.1. The van der Waals surface area contributed by atoms with Gasteiger partial charge in [-0.2, -0.15) is 0 Å². The van der Waals surface area contributed by atoms with E-state index in [-0.39, 0.29) is 30.4 Å². The highest BCUT2D eigenvalue weighted by Gasteiger charge is 2.73. The van der Waals surface area contributed by atoms with Crippen LogP contribution >= 0.6 is 11.8 Å². The number of nitrogens with zero attached hydrogens (tertiary/aromatic N) is 3. The van der Waals surface area contributed by atoms with Crippen LogP contribution in [0.2, 0.25) is 0 Å². The van der Waals surface area contributed by atoms with Gasteiger partial charge in [0.15, 0.2) is 0 Å². The van der Waals surface area contributed by atoms with Gasteiger partial charge in [0, 0.05) is 42.7 Å². The summed E-state index contributed by atoms with van der Waals surface area (Å²) in [4.78, 5) is 47.8. The van der Waals surface area contributed by atoms with Gasteiger partial charge in [0.2, 0.25) is 17.7 Å². The van der Waals surface area contributed by atoms with Crippen molar-refractivity contribution < 1.29 is 19.5 Å². The predicted molar refractivity (Wildman–Crippen MR) is 141 cm³/mol. The number of unbranched alkanes of at least 4 members (excludes halogenated alkanes) is 1. The van der Waals surface area contributed by atoms with E-state index in [0.717, 1.165) is 5.69 Å². The Kier molecular flexibility index (Phi) is 6.53. The van der Waals surface area contributed by atoms with Crippen LogP contribution in [0, 0.1) is 11.8 Å². The van der Waals surface area contributed by atoms with Crippen LogP contribution in [-0.4, -0.2) is 80.4 Å². The number of aliphatic hydroxyl groups excluding tert-OH is 1. The Morgan fingerprint density at radius 1 is 0.972 bits per heavy atom. The van der Waals surface area contributed by atoms with Crippen molar-refractivity contribution in [3.05, 3.63) is 54.6 Å². The number of aliphatic hydroxyl groups is 1. The molecule has 0 bridgehead atoms. The van der Waals surface area contributed by atoms with Gasteiger partial charge in [0.25, 0.3) is 0 Å². The highest BCUT2D eigenvalue weighted by molar-refractivity contribution is 8.02. The van der Waals surface area contributed by atoms with Crippen molar-refractivity contribution in [1.29, 1.82) is 0 Å². The molecule has 0 saturated carbocycles. The van der Waals surface area contributed by atoms with Crippen LogP contribution in [0.15, 0.2) is 54.6 Å². The quantitative estimate of drug-likeness (QED) is 0.471. The van der Waals surface area contributed by atoms with Crippen molar-refractivity contribution in [3.8, 4) is 0 Å². The Morgan fingerprint density at radius 3 is 2.39 bits per heavy atom. The highest BCUT2D eigenvalue weighted by atomic mass is 32.2. The number of thioether (sulfide) groups is 1. The molecule has 0 aliphatic carbocycles. The maximum Gasteiger partial charge on any atom is 0.247 e. The number of hydrogen-bond donors (Lipinski definition) is 1. The van der Waals surface area contributed by atoms with Crippen molar-refractivity contribution in [2.45, 2.75) is 55.2 Å². The van der Waals surface area contributed by atoms with Gasteiger partial charge in [-0.3, -0.25) is 14.4 Å². The van der Waals surface area contributed by atoms with E-state index in [9.17, 15) is 19.5 Å². The van der Waals surface area contributed by atoms with Crippen molar-refractivity contribution in [2.75, 3.05) is 31.1 Å². The second-order valence-corrected chi connectivity index (χ2v) is 12.4. The molecule has 2 fully saturated rings. The molecule has 1 aromatic rings. The summed E-state index contributed by atoms with van der Waals surface area (Å²) in [6.07, 6.45) is 9.35. The van der Waals surface area contributed by atoms with Gasteiger partial charge in [-0.1, -0.05) is 42.5 Å². The van der Waals surface area contributed by atoms with Crippen LogP contribution in [0.25, 0.3) is 0 Å². The number of para-hydroxylation sites is 1. The van der Waals surface area contributed by atoms with Crippen molar-refractivity contribution in [3.63, 3.8) is 0 Å². The second-order valence-electron chi connectivity index (χ2n) is 10.6. The number of carbonyl (C=O) groups excluding carboxylic acids is 3. The van der Waals surface area contributed by atoms with Crippen molar-refractivity contribution >= 4 is 35.2 Å². The molecular weight excluding hydrogens is 474 g/mol. The van der Waals surface area contributed by atoms with E-state index in [1.165, 1.54) is 0 Å². The largest absolute Gasteiger partial charge is 0.396 e. The molecule has 0 aromatic heterocycles. The fraction of sp³-hybridized carbons (Fsp3) is 0.536. The van der Waals surface area contributed by atoms with Gasteiger partial charge in [-0.15, -0.1) is 11.8 Å². The van der Waals surface area contributed by atoms with Gasteiger partial charge in [-0.05, 0) is 45.7 Å². The molecule has 3 amide bonds. The Balaban J connectivity index is 1.62. The minimum Gasteiger partial charge on any atom is -0.396 e. The molecule has 1 N–H and O–H groups in total. The number of fused-ring (bicyclic) bond motifs is 2. The van der Waals surface area contributed by atoms with E-state index >= 15 is 0 Å². The third-order valence-electron chi connectivity index (χ3n) is 8.09. The third kappa shape index (κ3) is 3.72. The first-order valence-electron chi connectivity index (χ1n) is 12.9. The van der Waals surface area contributed by atoms with Crippen LogP contribution in [0.4, 0.5) is 5.69 Å². The molecule has 2 saturated heterocycles. The Labute approximate surface area is 217 Å². The molecular formula is C28H35N3O4S. The van der Waals surface area contributed by atoms with E-state index in [1.807, 2.05) is 68.2 Å². The average Bonchev–Trinajstić information content (AvgIpc) is 3.10. The van der Waals surface area contributed by atoms with Crippen LogP contribution in [-0.2, 0) is 14.4 Å². The van der Waals surface area contributed by atoms with Gasteiger partial charge < -0.3 is 19.8 Å². The van der Waals surface area contributed by atoms with Crippen LogP contribution in [0.1, 0.15) is 33.6 Å². The maximum atomic E-state index is 14.2. The summed E-state index contributed by atoms with van der Waals surface area (Å²) in [5.74, 6) is -1.49. The fourth-order valence-electron chi connectivity index (χ4n) is 6.48. The van der Waals surface area contributed by atoms with E-state index in [0.29, 0.717) is 32.5 Å². The van der Waals surface area contributed by atoms with Gasteiger partial charge in [0.1, 0.15) is 6.04 Å². The number of benzene rings is 1. The lowest BCUT2D eigenvalue weighted by Gasteiger charge is -2.37. The monoisotopic (exact) mass is 509 g/mol. The first-order chi connectivity index (χ1) is 17.2. The average molecular weight is 510 g/mol. The molecule has 1 unspecified atom stereocenters. The molecule has 4 aliphatic rings. The number of hydrogen-bond acceptors (Lipinski definition) is 5. The Hall–Kier alpha value is -2.58. The van der Waals surface area contributed by atoms with Crippen LogP contribution in [0.5, 0.6) is 0 Å². The number of anilines is 1. The van der Waals surface area contributed by atoms with Crippen LogP contribution in [0.3, 0.4) is 0 Å². The van der Waals surface area contributed by atoms with Crippen molar-refractivity contribution in [1.82, 2.24) is 9.80 Å². The molecule has 1 aromatic carbocycles. The van der Waals surface area contributed by atoms with E-state index < -0.39 is 27.4 Å². The van der Waals surface area contributed by atoms with Gasteiger partial charge in [0.05, 0.1) is 16.6 Å². The zero-order valence-corrected chi connectivity index (χ0v) is 22.0. The van der Waals surface area contributed by atoms with Gasteiger partial charge >= 0.3 is 0 Å². The fourth-order valence-corrected chi connectivity index (χ4v) is 8.64. The smallest absolute Gasteiger partial charge is 0.247 e. The molecule has 1 spiro atoms. The van der Waals surface area contributed by atoms with E-state index in [2.05, 4.69) is 12.2 Å². The summed E-state index contributed by atoms with van der Waals surface area (Å²) < 4.78 is -1.44. The Morgan fingerprint density at radius 2 is 1.69 bits per heavy atom. The normalized spacial score (nSPS) is 33.6. The SMILES string of the molecule is CC(C)N1CC=C[C@]23S[C@@]4(C)C=CCN(c5ccccc5)C(=O)[C@H]4[C@H]2C(=O)N(CCCCO)C3C1=O. The second kappa shape index (κ2) is 9.38. The molecule has 5 atom stereocenters. The highest BCUT2D eigenvalue weighted by Crippen LogP contribution is 2.65.